The van der Waals surface area contributed by atoms with Crippen molar-refractivity contribution in [1.82, 2.24) is 4.90 Å². The number of thiocarbonyl (C=S) groups is 1. The van der Waals surface area contributed by atoms with E-state index in [0.29, 0.717) is 0 Å². The highest BCUT2D eigenvalue weighted by Crippen LogP contribution is 2.13. The van der Waals surface area contributed by atoms with Gasteiger partial charge in [-0.15, -0.1) is 0 Å². The number of hydrogen-bond donors (Lipinski definition) is 0. The summed E-state index contributed by atoms with van der Waals surface area (Å²) >= 11 is 5.53. The lowest BCUT2D eigenvalue weighted by atomic mass is 10.2. The summed E-state index contributed by atoms with van der Waals surface area (Å²) in [5, 5.41) is 0. The summed E-state index contributed by atoms with van der Waals surface area (Å²) in [5.74, 6) is 0. The van der Waals surface area contributed by atoms with Gasteiger partial charge in [0.25, 0.3) is 0 Å². The van der Waals surface area contributed by atoms with Gasteiger partial charge in [-0.05, 0) is 12.8 Å². The molecule has 0 spiro atoms. The zero-order chi connectivity index (χ0) is 10.5. The fourth-order valence-corrected chi connectivity index (χ4v) is 2.36. The van der Waals surface area contributed by atoms with Crippen LogP contribution < -0.4 is 0 Å². The molecule has 0 aliphatic carbocycles. The summed E-state index contributed by atoms with van der Waals surface area (Å²) < 4.78 is 0. The molecule has 80 valence electrons. The summed E-state index contributed by atoms with van der Waals surface area (Å²) in [5.41, 5.74) is 1.19. The molecule has 1 saturated heterocycles. The largest absolute Gasteiger partial charge is 0.362 e. The Hall–Kier alpha value is -0.890. The molecule has 1 aliphatic heterocycles. The Morgan fingerprint density at radius 1 is 0.933 bits per heavy atom. The molecule has 1 nitrogen and oxygen atoms in total. The van der Waals surface area contributed by atoms with E-state index in [9.17, 15) is 0 Å². The van der Waals surface area contributed by atoms with Crippen molar-refractivity contribution in [3.63, 3.8) is 0 Å². The number of likely N-dealkylation sites (tertiary alicyclic amines) is 1. The lowest BCUT2D eigenvalue weighted by Gasteiger charge is -2.23. The summed E-state index contributed by atoms with van der Waals surface area (Å²) in [7, 11) is 0. The second-order valence-electron chi connectivity index (χ2n) is 4.07. The van der Waals surface area contributed by atoms with Gasteiger partial charge in [-0.1, -0.05) is 55.4 Å². The number of rotatable bonds is 1. The first-order valence-corrected chi connectivity index (χ1v) is 6.13. The normalized spacial score (nSPS) is 17.2. The van der Waals surface area contributed by atoms with Crippen molar-refractivity contribution in [3.05, 3.63) is 35.9 Å². The number of hydrogen-bond acceptors (Lipinski definition) is 1. The first-order chi connectivity index (χ1) is 7.38. The monoisotopic (exact) mass is 219 g/mol. The van der Waals surface area contributed by atoms with Gasteiger partial charge >= 0.3 is 0 Å². The lowest BCUT2D eigenvalue weighted by molar-refractivity contribution is 0.443. The molecule has 15 heavy (non-hydrogen) atoms. The molecule has 0 bridgehead atoms. The maximum absolute atomic E-state index is 5.53. The molecule has 2 rings (SSSR count). The van der Waals surface area contributed by atoms with Gasteiger partial charge in [0.2, 0.25) is 0 Å². The van der Waals surface area contributed by atoms with Crippen LogP contribution in [0.3, 0.4) is 0 Å². The molecule has 1 aromatic rings. The third kappa shape index (κ3) is 2.78. The average Bonchev–Trinajstić information content (AvgIpc) is 2.58. The van der Waals surface area contributed by atoms with E-state index in [2.05, 4.69) is 29.2 Å². The zero-order valence-electron chi connectivity index (χ0n) is 8.98. The molecule has 0 aromatic heterocycles. The number of benzene rings is 1. The Morgan fingerprint density at radius 2 is 1.53 bits per heavy atom. The Bertz CT molecular complexity index is 313. The van der Waals surface area contributed by atoms with E-state index in [1.165, 1.54) is 31.2 Å². The molecule has 0 radical (unpaired) electrons. The second-order valence-corrected chi connectivity index (χ2v) is 4.46. The molecular formula is C13H17NS. The van der Waals surface area contributed by atoms with Gasteiger partial charge in [-0.3, -0.25) is 0 Å². The van der Waals surface area contributed by atoms with Crippen molar-refractivity contribution in [1.29, 1.82) is 0 Å². The van der Waals surface area contributed by atoms with Crippen LogP contribution in [0.25, 0.3) is 0 Å². The standard InChI is InChI=1S/C13H17NS/c15-13(12-8-4-3-5-9-12)14-10-6-1-2-7-11-14/h3-5,8-9H,1-2,6-7,10-11H2. The minimum atomic E-state index is 1.03. The molecule has 0 saturated carbocycles. The summed E-state index contributed by atoms with van der Waals surface area (Å²) in [6.45, 7) is 2.27. The van der Waals surface area contributed by atoms with Crippen LogP contribution in [-0.2, 0) is 0 Å². The molecular weight excluding hydrogens is 202 g/mol. The topological polar surface area (TPSA) is 3.24 Å². The van der Waals surface area contributed by atoms with E-state index in [4.69, 9.17) is 12.2 Å². The van der Waals surface area contributed by atoms with Crippen LogP contribution in [0.15, 0.2) is 30.3 Å². The third-order valence-corrected chi connectivity index (χ3v) is 3.41. The van der Waals surface area contributed by atoms with Crippen LogP contribution in [-0.4, -0.2) is 23.0 Å². The highest BCUT2D eigenvalue weighted by atomic mass is 32.1. The van der Waals surface area contributed by atoms with Gasteiger partial charge in [0, 0.05) is 18.7 Å². The minimum Gasteiger partial charge on any atom is -0.362 e. The fraction of sp³-hybridized carbons (Fsp3) is 0.462. The fourth-order valence-electron chi connectivity index (χ4n) is 2.04. The van der Waals surface area contributed by atoms with E-state index in [1.807, 2.05) is 6.07 Å². The van der Waals surface area contributed by atoms with Gasteiger partial charge in [0.05, 0.1) is 0 Å². The highest BCUT2D eigenvalue weighted by Gasteiger charge is 2.12. The molecule has 1 fully saturated rings. The molecule has 1 aliphatic rings. The molecule has 1 heterocycles. The average molecular weight is 219 g/mol. The van der Waals surface area contributed by atoms with Crippen molar-refractivity contribution >= 4 is 17.2 Å². The van der Waals surface area contributed by atoms with Gasteiger partial charge in [-0.25, -0.2) is 0 Å². The molecule has 0 unspecified atom stereocenters. The molecule has 0 atom stereocenters. The van der Waals surface area contributed by atoms with E-state index in [1.54, 1.807) is 0 Å². The zero-order valence-corrected chi connectivity index (χ0v) is 9.80. The maximum atomic E-state index is 5.53. The Morgan fingerprint density at radius 3 is 2.13 bits per heavy atom. The van der Waals surface area contributed by atoms with Crippen molar-refractivity contribution in [2.24, 2.45) is 0 Å². The number of nitrogens with zero attached hydrogens (tertiary/aromatic N) is 1. The minimum absolute atomic E-state index is 1.03. The Labute approximate surface area is 97.1 Å². The van der Waals surface area contributed by atoms with E-state index in [-0.39, 0.29) is 0 Å². The van der Waals surface area contributed by atoms with Crippen LogP contribution in [0, 0.1) is 0 Å². The van der Waals surface area contributed by atoms with E-state index < -0.39 is 0 Å². The third-order valence-electron chi connectivity index (χ3n) is 2.91. The molecule has 0 N–H and O–H groups in total. The van der Waals surface area contributed by atoms with E-state index in [0.717, 1.165) is 18.1 Å². The molecule has 1 aromatic carbocycles. The smallest absolute Gasteiger partial charge is 0.109 e. The van der Waals surface area contributed by atoms with Gasteiger partial charge < -0.3 is 4.90 Å². The maximum Gasteiger partial charge on any atom is 0.109 e. The summed E-state index contributed by atoms with van der Waals surface area (Å²) in [6.07, 6.45) is 5.28. The van der Waals surface area contributed by atoms with Crippen LogP contribution in [0.2, 0.25) is 0 Å². The van der Waals surface area contributed by atoms with Crippen LogP contribution in [0.5, 0.6) is 0 Å². The van der Waals surface area contributed by atoms with E-state index >= 15 is 0 Å². The predicted molar refractivity (Wildman–Crippen MR) is 68.2 cm³/mol. The van der Waals surface area contributed by atoms with Gasteiger partial charge in [0.1, 0.15) is 4.99 Å². The molecule has 0 amide bonds. The quantitative estimate of drug-likeness (QED) is 0.667. The van der Waals surface area contributed by atoms with Crippen LogP contribution in [0.1, 0.15) is 31.2 Å². The lowest BCUT2D eigenvalue weighted by Crippen LogP contribution is -2.30. The van der Waals surface area contributed by atoms with Crippen molar-refractivity contribution < 1.29 is 0 Å². The van der Waals surface area contributed by atoms with Crippen LogP contribution >= 0.6 is 12.2 Å². The summed E-state index contributed by atoms with van der Waals surface area (Å²) in [4.78, 5) is 3.38. The Balaban J connectivity index is 2.06. The van der Waals surface area contributed by atoms with Crippen molar-refractivity contribution in [2.75, 3.05) is 13.1 Å². The van der Waals surface area contributed by atoms with Gasteiger partial charge in [-0.2, -0.15) is 0 Å². The van der Waals surface area contributed by atoms with Crippen molar-refractivity contribution in [3.8, 4) is 0 Å². The highest BCUT2D eigenvalue weighted by molar-refractivity contribution is 7.80. The van der Waals surface area contributed by atoms with Gasteiger partial charge in [0.15, 0.2) is 0 Å². The summed E-state index contributed by atoms with van der Waals surface area (Å²) in [6, 6.07) is 10.4. The second kappa shape index (κ2) is 5.26. The SMILES string of the molecule is S=C(c1ccccc1)N1CCCCCC1. The first-order valence-electron chi connectivity index (χ1n) is 5.72. The van der Waals surface area contributed by atoms with Crippen molar-refractivity contribution in [2.45, 2.75) is 25.7 Å². The van der Waals surface area contributed by atoms with Crippen LogP contribution in [0.4, 0.5) is 0 Å². The predicted octanol–water partition coefficient (Wildman–Crippen LogP) is 3.24. The Kier molecular flexibility index (Phi) is 3.73. The molecule has 2 heteroatoms. The first kappa shape index (κ1) is 10.6.